The Labute approximate surface area is 316 Å². The van der Waals surface area contributed by atoms with Gasteiger partial charge in [0.25, 0.3) is 0 Å². The number of fused-ring (bicyclic) bond motifs is 3. The molecule has 0 atom stereocenters. The first kappa shape index (κ1) is 32.0. The summed E-state index contributed by atoms with van der Waals surface area (Å²) in [5.41, 5.74) is 16.2. The SMILES string of the molecule is [Ir].[c-]1ccc2c(c1-c1ccccn1)c1cc3c(cc1n2-c1ccccc1)C1c2ccccc2C3c2ccccc21.[c-]1ccccc1-c1ccccn1. The molecule has 0 saturated heterocycles. The molecular weight excluding hydrogens is 811 g/mol. The van der Waals surface area contributed by atoms with E-state index in [1.54, 1.807) is 6.20 Å². The molecule has 2 bridgehead atoms. The zero-order valence-electron chi connectivity index (χ0n) is 28.1. The van der Waals surface area contributed by atoms with E-state index in [0.29, 0.717) is 0 Å². The average molecular weight is 842 g/mol. The minimum Gasteiger partial charge on any atom is -0.328 e. The van der Waals surface area contributed by atoms with Crippen LogP contribution in [0.3, 0.4) is 0 Å². The Morgan fingerprint density at radius 1 is 0.462 bits per heavy atom. The minimum atomic E-state index is 0. The van der Waals surface area contributed by atoms with Crippen LogP contribution in [0.5, 0.6) is 0 Å². The molecule has 1 radical (unpaired) electrons. The van der Waals surface area contributed by atoms with Crippen LogP contribution in [0.2, 0.25) is 0 Å². The Morgan fingerprint density at radius 2 is 1.04 bits per heavy atom. The molecule has 52 heavy (non-hydrogen) atoms. The van der Waals surface area contributed by atoms with Gasteiger partial charge in [0.1, 0.15) is 0 Å². The van der Waals surface area contributed by atoms with Gasteiger partial charge in [0.05, 0.1) is 0 Å². The maximum absolute atomic E-state index is 4.73. The number of benzene rings is 6. The second-order valence-corrected chi connectivity index (χ2v) is 13.1. The first-order chi connectivity index (χ1) is 25.3. The maximum atomic E-state index is 4.73. The first-order valence-corrected chi connectivity index (χ1v) is 17.4. The predicted molar refractivity (Wildman–Crippen MR) is 206 cm³/mol. The van der Waals surface area contributed by atoms with Crippen LogP contribution in [0.4, 0.5) is 0 Å². The van der Waals surface area contributed by atoms with Gasteiger partial charge in [-0.05, 0) is 86.0 Å². The van der Waals surface area contributed by atoms with Crippen molar-refractivity contribution in [1.29, 1.82) is 0 Å². The molecule has 12 rings (SSSR count). The van der Waals surface area contributed by atoms with Gasteiger partial charge in [-0.15, -0.1) is 59.7 Å². The standard InChI is InChI=1S/C37H23N2.C11H8N.Ir/c1-2-11-23(12-3-1)39-33-19-10-17-28(32-18-8-9-20-38-32)37(33)31-21-29-30(22-34(31)39)36-26-15-6-4-13-24(26)35(29)25-14-5-7-16-27(25)36;1-2-6-10(7-3-1)11-8-4-5-9-12-11;/h1-16,18-22,35-36H;1-6,8-9H;/q2*-1;. The molecular formula is C48H31IrN3-2. The first-order valence-electron chi connectivity index (χ1n) is 17.4. The van der Waals surface area contributed by atoms with Crippen molar-refractivity contribution >= 4 is 21.8 Å². The van der Waals surface area contributed by atoms with Gasteiger partial charge < -0.3 is 14.5 Å². The molecule has 3 nitrogen and oxygen atoms in total. The normalized spacial score (nSPS) is 14.8. The van der Waals surface area contributed by atoms with E-state index in [1.165, 1.54) is 55.2 Å². The van der Waals surface area contributed by atoms with E-state index in [1.807, 2.05) is 60.8 Å². The predicted octanol–water partition coefficient (Wildman–Crippen LogP) is 11.2. The van der Waals surface area contributed by atoms with Crippen LogP contribution in [0.1, 0.15) is 45.2 Å². The summed E-state index contributed by atoms with van der Waals surface area (Å²) in [7, 11) is 0. The molecule has 0 aliphatic heterocycles. The molecule has 6 aromatic carbocycles. The van der Waals surface area contributed by atoms with E-state index in [9.17, 15) is 0 Å². The van der Waals surface area contributed by atoms with Crippen molar-refractivity contribution in [2.75, 3.05) is 0 Å². The van der Waals surface area contributed by atoms with E-state index in [0.717, 1.165) is 28.2 Å². The van der Waals surface area contributed by atoms with Gasteiger partial charge in [-0.25, -0.2) is 0 Å². The summed E-state index contributed by atoms with van der Waals surface area (Å²) >= 11 is 0. The Hall–Kier alpha value is -5.93. The number of para-hydroxylation sites is 1. The molecule has 0 amide bonds. The van der Waals surface area contributed by atoms with Gasteiger partial charge >= 0.3 is 0 Å². The second-order valence-electron chi connectivity index (χ2n) is 13.1. The van der Waals surface area contributed by atoms with Crippen LogP contribution in [0, 0.1) is 12.1 Å². The van der Waals surface area contributed by atoms with Crippen molar-refractivity contribution in [3.63, 3.8) is 0 Å². The molecule has 0 unspecified atom stereocenters. The zero-order chi connectivity index (χ0) is 33.7. The summed E-state index contributed by atoms with van der Waals surface area (Å²) in [5.74, 6) is 0.480. The van der Waals surface area contributed by atoms with Crippen LogP contribution in [0.15, 0.2) is 176 Å². The summed E-state index contributed by atoms with van der Waals surface area (Å²) in [6.07, 6.45) is 3.66. The van der Waals surface area contributed by atoms with Crippen molar-refractivity contribution in [2.45, 2.75) is 11.8 Å². The van der Waals surface area contributed by atoms with Crippen LogP contribution in [0.25, 0.3) is 50.0 Å². The topological polar surface area (TPSA) is 30.7 Å². The molecule has 249 valence electrons. The Bertz CT molecular complexity index is 2600. The zero-order valence-corrected chi connectivity index (χ0v) is 30.5. The van der Waals surface area contributed by atoms with Gasteiger partial charge in [-0.2, -0.15) is 0 Å². The second kappa shape index (κ2) is 13.3. The number of hydrogen-bond donors (Lipinski definition) is 0. The van der Waals surface area contributed by atoms with E-state index in [4.69, 9.17) is 4.98 Å². The number of hydrogen-bond acceptors (Lipinski definition) is 2. The largest absolute Gasteiger partial charge is 0.328 e. The van der Waals surface area contributed by atoms with Crippen LogP contribution < -0.4 is 0 Å². The van der Waals surface area contributed by atoms with Crippen molar-refractivity contribution in [3.8, 4) is 28.2 Å². The van der Waals surface area contributed by atoms with Crippen LogP contribution >= 0.6 is 0 Å². The molecule has 0 spiro atoms. The van der Waals surface area contributed by atoms with Crippen LogP contribution in [-0.4, -0.2) is 14.5 Å². The third-order valence-electron chi connectivity index (χ3n) is 10.4. The summed E-state index contributed by atoms with van der Waals surface area (Å²) in [4.78, 5) is 8.95. The van der Waals surface area contributed by atoms with Gasteiger partial charge in [-0.1, -0.05) is 102 Å². The van der Waals surface area contributed by atoms with Gasteiger partial charge in [-0.3, -0.25) is 0 Å². The summed E-state index contributed by atoms with van der Waals surface area (Å²) in [6.45, 7) is 0. The fourth-order valence-corrected chi connectivity index (χ4v) is 8.30. The number of pyridine rings is 2. The molecule has 0 fully saturated rings. The maximum Gasteiger partial charge on any atom is 0.0444 e. The molecule has 4 heteroatoms. The molecule has 0 saturated carbocycles. The quantitative estimate of drug-likeness (QED) is 0.166. The van der Waals surface area contributed by atoms with Gasteiger partial charge in [0.2, 0.25) is 0 Å². The average Bonchev–Trinajstić information content (AvgIpc) is 3.55. The van der Waals surface area contributed by atoms with E-state index >= 15 is 0 Å². The monoisotopic (exact) mass is 842 g/mol. The van der Waals surface area contributed by atoms with Crippen LogP contribution in [-0.2, 0) is 20.1 Å². The van der Waals surface area contributed by atoms with Crippen molar-refractivity contribution in [2.24, 2.45) is 0 Å². The Morgan fingerprint density at radius 3 is 1.63 bits per heavy atom. The Balaban J connectivity index is 0.000000236. The molecule has 9 aromatic rings. The van der Waals surface area contributed by atoms with Crippen molar-refractivity contribution < 1.29 is 20.1 Å². The molecule has 3 aliphatic rings. The number of rotatable bonds is 3. The van der Waals surface area contributed by atoms with Gasteiger partial charge in [0.15, 0.2) is 0 Å². The van der Waals surface area contributed by atoms with Crippen molar-refractivity contribution in [3.05, 3.63) is 222 Å². The summed E-state index contributed by atoms with van der Waals surface area (Å²) in [6, 6.07) is 64.5. The summed E-state index contributed by atoms with van der Waals surface area (Å²) < 4.78 is 2.42. The minimum absolute atomic E-state index is 0. The third kappa shape index (κ3) is 5.14. The fourth-order valence-electron chi connectivity index (χ4n) is 8.30. The van der Waals surface area contributed by atoms with E-state index in [2.05, 4.69) is 131 Å². The van der Waals surface area contributed by atoms with E-state index in [-0.39, 0.29) is 31.9 Å². The van der Waals surface area contributed by atoms with E-state index < -0.39 is 0 Å². The fraction of sp³-hybridized carbons (Fsp3) is 0.0417. The third-order valence-corrected chi connectivity index (χ3v) is 10.4. The van der Waals surface area contributed by atoms with Gasteiger partial charge in [0, 0.05) is 55.5 Å². The summed E-state index contributed by atoms with van der Waals surface area (Å²) in [5, 5.41) is 2.47. The van der Waals surface area contributed by atoms with Crippen molar-refractivity contribution in [1.82, 2.24) is 14.5 Å². The Kier molecular flexibility index (Phi) is 8.20. The smallest absolute Gasteiger partial charge is 0.0444 e. The molecule has 3 aromatic heterocycles. The molecule has 3 heterocycles. The molecule has 3 aliphatic carbocycles. The number of nitrogens with zero attached hydrogens (tertiary/aromatic N) is 3. The molecule has 0 N–H and O–H groups in total. The number of aromatic nitrogens is 3.